The monoisotopic (exact) mass is 322 g/mol. The van der Waals surface area contributed by atoms with E-state index in [4.69, 9.17) is 0 Å². The number of allylic oxidation sites excluding steroid dienone is 8. The van der Waals surface area contributed by atoms with E-state index in [2.05, 4.69) is 48.6 Å². The molecule has 0 amide bonds. The summed E-state index contributed by atoms with van der Waals surface area (Å²) in [5.74, 6) is 0. The largest absolute Gasteiger partial charge is 0.0845 e. The molecular formula is C16H24Pd. The van der Waals surface area contributed by atoms with Gasteiger partial charge in [0.25, 0.3) is 0 Å². The van der Waals surface area contributed by atoms with Crippen molar-refractivity contribution in [3.63, 3.8) is 0 Å². The van der Waals surface area contributed by atoms with Crippen LogP contribution >= 0.6 is 0 Å². The molecule has 0 saturated carbocycles. The SMILES string of the molecule is C1=C\CCCC\C=C/1.C1=C\CCCC\C=C/1.[Pd]. The van der Waals surface area contributed by atoms with E-state index >= 15 is 0 Å². The van der Waals surface area contributed by atoms with Crippen LogP contribution in [0, 0.1) is 0 Å². The van der Waals surface area contributed by atoms with Gasteiger partial charge in [0, 0.05) is 20.4 Å². The summed E-state index contributed by atoms with van der Waals surface area (Å²) in [7, 11) is 0. The average Bonchev–Trinajstić information content (AvgIpc) is 2.15. The molecule has 0 heterocycles. The Morgan fingerprint density at radius 1 is 0.412 bits per heavy atom. The summed E-state index contributed by atoms with van der Waals surface area (Å²) >= 11 is 0. The first-order valence-electron chi connectivity index (χ1n) is 6.63. The zero-order valence-corrected chi connectivity index (χ0v) is 12.1. The molecule has 0 fully saturated rings. The summed E-state index contributed by atoms with van der Waals surface area (Å²) in [6.45, 7) is 0. The third-order valence-corrected chi connectivity index (χ3v) is 2.75. The van der Waals surface area contributed by atoms with Gasteiger partial charge in [-0.1, -0.05) is 48.6 Å². The molecule has 1 heteroatoms. The second-order valence-electron chi connectivity index (χ2n) is 4.28. The maximum Gasteiger partial charge on any atom is 0 e. The first kappa shape index (κ1) is 16.6. The molecule has 0 spiro atoms. The molecule has 2 rings (SSSR count). The van der Waals surface area contributed by atoms with Crippen molar-refractivity contribution in [2.75, 3.05) is 0 Å². The third kappa shape index (κ3) is 11.9. The van der Waals surface area contributed by atoms with Crippen molar-refractivity contribution >= 4 is 0 Å². The van der Waals surface area contributed by atoms with Crippen LogP contribution < -0.4 is 0 Å². The topological polar surface area (TPSA) is 0 Å². The van der Waals surface area contributed by atoms with E-state index in [9.17, 15) is 0 Å². The van der Waals surface area contributed by atoms with Gasteiger partial charge in [-0.15, -0.1) is 0 Å². The molecule has 0 aromatic heterocycles. The number of hydrogen-bond acceptors (Lipinski definition) is 0. The smallest absolute Gasteiger partial charge is 0 e. The Kier molecular flexibility index (Phi) is 13.4. The number of hydrogen-bond donors (Lipinski definition) is 0. The normalized spacial score (nSPS) is 26.4. The molecule has 0 N–H and O–H groups in total. The summed E-state index contributed by atoms with van der Waals surface area (Å²) in [6, 6.07) is 0. The molecule has 0 unspecified atom stereocenters. The predicted octanol–water partition coefficient (Wildman–Crippen LogP) is 5.34. The maximum absolute atomic E-state index is 2.23. The van der Waals surface area contributed by atoms with Crippen molar-refractivity contribution in [3.05, 3.63) is 48.6 Å². The quantitative estimate of drug-likeness (QED) is 0.528. The Labute approximate surface area is 120 Å². The first-order chi connectivity index (χ1) is 8.00. The van der Waals surface area contributed by atoms with Gasteiger partial charge in [0.2, 0.25) is 0 Å². The second kappa shape index (κ2) is 13.7. The van der Waals surface area contributed by atoms with Gasteiger partial charge in [-0.2, -0.15) is 0 Å². The summed E-state index contributed by atoms with van der Waals surface area (Å²) in [5, 5.41) is 0. The van der Waals surface area contributed by atoms with E-state index < -0.39 is 0 Å². The molecule has 0 saturated heterocycles. The molecular weight excluding hydrogens is 299 g/mol. The Balaban J connectivity index is 0.000000284. The van der Waals surface area contributed by atoms with E-state index in [0.29, 0.717) is 0 Å². The van der Waals surface area contributed by atoms with Crippen LogP contribution in [0.3, 0.4) is 0 Å². The third-order valence-electron chi connectivity index (χ3n) is 2.75. The van der Waals surface area contributed by atoms with Crippen molar-refractivity contribution in [1.82, 2.24) is 0 Å². The molecule has 0 aromatic carbocycles. The van der Waals surface area contributed by atoms with E-state index in [1.165, 1.54) is 51.4 Å². The number of rotatable bonds is 0. The fourth-order valence-corrected chi connectivity index (χ4v) is 1.75. The molecule has 0 nitrogen and oxygen atoms in total. The van der Waals surface area contributed by atoms with Gasteiger partial charge in [0.1, 0.15) is 0 Å². The van der Waals surface area contributed by atoms with E-state index in [1.807, 2.05) is 0 Å². The minimum Gasteiger partial charge on any atom is -0.0845 e. The summed E-state index contributed by atoms with van der Waals surface area (Å²) in [6.07, 6.45) is 28.0. The average molecular weight is 323 g/mol. The first-order valence-corrected chi connectivity index (χ1v) is 6.63. The van der Waals surface area contributed by atoms with Crippen LogP contribution in [0.25, 0.3) is 0 Å². The summed E-state index contributed by atoms with van der Waals surface area (Å²) < 4.78 is 0. The fourth-order valence-electron chi connectivity index (χ4n) is 1.75. The van der Waals surface area contributed by atoms with Crippen LogP contribution in [0.15, 0.2) is 48.6 Å². The van der Waals surface area contributed by atoms with E-state index in [1.54, 1.807) is 0 Å². The van der Waals surface area contributed by atoms with E-state index in [0.717, 1.165) is 0 Å². The Bertz CT molecular complexity index is 203. The Morgan fingerprint density at radius 2 is 0.647 bits per heavy atom. The van der Waals surface area contributed by atoms with Gasteiger partial charge >= 0.3 is 0 Å². The van der Waals surface area contributed by atoms with Crippen molar-refractivity contribution < 1.29 is 20.4 Å². The van der Waals surface area contributed by atoms with Gasteiger partial charge in [-0.3, -0.25) is 0 Å². The van der Waals surface area contributed by atoms with Crippen molar-refractivity contribution in [1.29, 1.82) is 0 Å². The van der Waals surface area contributed by atoms with Gasteiger partial charge in [-0.05, 0) is 51.4 Å². The van der Waals surface area contributed by atoms with E-state index in [-0.39, 0.29) is 20.4 Å². The van der Waals surface area contributed by atoms with Crippen LogP contribution in [-0.4, -0.2) is 0 Å². The Morgan fingerprint density at radius 3 is 0.882 bits per heavy atom. The van der Waals surface area contributed by atoms with Gasteiger partial charge in [-0.25, -0.2) is 0 Å². The molecule has 0 aliphatic heterocycles. The molecule has 0 aromatic rings. The van der Waals surface area contributed by atoms with Crippen LogP contribution in [0.5, 0.6) is 0 Å². The molecule has 2 aliphatic carbocycles. The van der Waals surface area contributed by atoms with Gasteiger partial charge < -0.3 is 0 Å². The minimum absolute atomic E-state index is 0. The predicted molar refractivity (Wildman–Crippen MR) is 73.5 cm³/mol. The molecule has 98 valence electrons. The standard InChI is InChI=1S/2C8H12.Pd/c2*1-2-4-6-8-7-5-3-1;/h2*1-4H,5-8H2;/b2*3-1-,4-2-;. The van der Waals surface area contributed by atoms with Gasteiger partial charge in [0.15, 0.2) is 0 Å². The zero-order valence-electron chi connectivity index (χ0n) is 10.6. The van der Waals surface area contributed by atoms with Gasteiger partial charge in [0.05, 0.1) is 0 Å². The summed E-state index contributed by atoms with van der Waals surface area (Å²) in [4.78, 5) is 0. The molecule has 17 heavy (non-hydrogen) atoms. The second-order valence-corrected chi connectivity index (χ2v) is 4.28. The van der Waals surface area contributed by atoms with Crippen molar-refractivity contribution in [2.45, 2.75) is 51.4 Å². The van der Waals surface area contributed by atoms with Crippen LogP contribution in [0.1, 0.15) is 51.4 Å². The zero-order chi connectivity index (χ0) is 11.3. The summed E-state index contributed by atoms with van der Waals surface area (Å²) in [5.41, 5.74) is 0. The fraction of sp³-hybridized carbons (Fsp3) is 0.500. The van der Waals surface area contributed by atoms with Crippen LogP contribution in [0.2, 0.25) is 0 Å². The van der Waals surface area contributed by atoms with Crippen LogP contribution in [-0.2, 0) is 20.4 Å². The maximum atomic E-state index is 2.23. The Hall–Kier alpha value is -0.378. The van der Waals surface area contributed by atoms with Crippen molar-refractivity contribution in [3.8, 4) is 0 Å². The molecule has 0 radical (unpaired) electrons. The van der Waals surface area contributed by atoms with Crippen LogP contribution in [0.4, 0.5) is 0 Å². The molecule has 0 bridgehead atoms. The minimum atomic E-state index is 0. The molecule has 2 aliphatic rings. The molecule has 0 atom stereocenters. The van der Waals surface area contributed by atoms with Crippen molar-refractivity contribution in [2.24, 2.45) is 0 Å².